The number of benzene rings is 2. The summed E-state index contributed by atoms with van der Waals surface area (Å²) in [6.07, 6.45) is 0.966. The largest absolute Gasteiger partial charge is 0.495 e. The molecule has 22 heavy (non-hydrogen) atoms. The lowest BCUT2D eigenvalue weighted by Crippen LogP contribution is -2.41. The zero-order chi connectivity index (χ0) is 16.1. The number of fused-ring (bicyclic) bond motifs is 1. The average Bonchev–Trinajstić information content (AvgIpc) is 2.65. The van der Waals surface area contributed by atoms with Crippen LogP contribution >= 0.6 is 0 Å². The zero-order valence-electron chi connectivity index (χ0n) is 14.1. The van der Waals surface area contributed by atoms with Crippen LogP contribution in [-0.2, 0) is 15.7 Å². The highest BCUT2D eigenvalue weighted by Crippen LogP contribution is 2.37. The molecule has 0 spiro atoms. The number of hydrogen-bond donors (Lipinski definition) is 1. The number of rotatable bonds is 2. The van der Waals surface area contributed by atoms with Gasteiger partial charge >= 0.3 is 7.12 Å². The van der Waals surface area contributed by atoms with Crippen molar-refractivity contribution >= 4 is 29.0 Å². The Kier molecular flexibility index (Phi) is 3.50. The molecule has 2 aromatic carbocycles. The molecular formula is C18H24BNO2. The molecule has 0 bridgehead atoms. The first kappa shape index (κ1) is 15.4. The van der Waals surface area contributed by atoms with Crippen molar-refractivity contribution in [1.29, 1.82) is 0 Å². The number of nitrogens with two attached hydrogens (primary N) is 1. The molecule has 2 N–H and O–H groups in total. The SMILES string of the molecule is CCc1cccc2cc(N)cc(B3OC(C)(C)C(C)(C)O3)c12. The Balaban J connectivity index is 2.19. The molecule has 0 amide bonds. The molecule has 3 rings (SSSR count). The van der Waals surface area contributed by atoms with Crippen LogP contribution < -0.4 is 11.2 Å². The van der Waals surface area contributed by atoms with Gasteiger partial charge in [-0.15, -0.1) is 0 Å². The Morgan fingerprint density at radius 2 is 1.68 bits per heavy atom. The van der Waals surface area contributed by atoms with Gasteiger partial charge in [0.15, 0.2) is 0 Å². The third kappa shape index (κ3) is 2.31. The van der Waals surface area contributed by atoms with E-state index in [2.05, 4.69) is 52.8 Å². The molecular weight excluding hydrogens is 273 g/mol. The maximum absolute atomic E-state index is 6.23. The lowest BCUT2D eigenvalue weighted by molar-refractivity contribution is 0.00578. The van der Waals surface area contributed by atoms with Gasteiger partial charge in [-0.2, -0.15) is 0 Å². The number of anilines is 1. The standard InChI is InChI=1S/C18H24BNO2/c1-6-12-8-7-9-13-10-14(20)11-15(16(12)13)19-21-17(2,3)18(4,5)22-19/h7-11H,6,20H2,1-5H3. The van der Waals surface area contributed by atoms with Gasteiger partial charge in [0.2, 0.25) is 0 Å². The summed E-state index contributed by atoms with van der Waals surface area (Å²) in [6.45, 7) is 10.5. The Morgan fingerprint density at radius 1 is 1.05 bits per heavy atom. The van der Waals surface area contributed by atoms with Crippen LogP contribution in [0.5, 0.6) is 0 Å². The highest BCUT2D eigenvalue weighted by Gasteiger charge is 2.52. The Hall–Kier alpha value is -1.52. The second kappa shape index (κ2) is 5.00. The van der Waals surface area contributed by atoms with Crippen LogP contribution in [0.15, 0.2) is 30.3 Å². The van der Waals surface area contributed by atoms with E-state index in [1.54, 1.807) is 0 Å². The summed E-state index contributed by atoms with van der Waals surface area (Å²) in [6, 6.07) is 10.3. The molecule has 1 heterocycles. The van der Waals surface area contributed by atoms with E-state index in [-0.39, 0.29) is 18.3 Å². The number of hydrogen-bond acceptors (Lipinski definition) is 3. The number of nitrogen functional groups attached to an aromatic ring is 1. The van der Waals surface area contributed by atoms with E-state index in [0.717, 1.165) is 23.0 Å². The third-order valence-corrected chi connectivity index (χ3v) is 5.00. The molecule has 3 nitrogen and oxygen atoms in total. The Labute approximate surface area is 132 Å². The van der Waals surface area contributed by atoms with Gasteiger partial charge < -0.3 is 15.0 Å². The molecule has 0 unspecified atom stereocenters. The van der Waals surface area contributed by atoms with Crippen LogP contribution in [0.3, 0.4) is 0 Å². The normalized spacial score (nSPS) is 19.8. The van der Waals surface area contributed by atoms with Crippen LogP contribution in [-0.4, -0.2) is 18.3 Å². The summed E-state index contributed by atoms with van der Waals surface area (Å²) in [4.78, 5) is 0. The van der Waals surface area contributed by atoms with E-state index in [1.807, 2.05) is 12.1 Å². The smallest absolute Gasteiger partial charge is 0.399 e. The van der Waals surface area contributed by atoms with Crippen molar-refractivity contribution in [3.05, 3.63) is 35.9 Å². The Morgan fingerprint density at radius 3 is 2.27 bits per heavy atom. The van der Waals surface area contributed by atoms with Crippen molar-refractivity contribution < 1.29 is 9.31 Å². The molecule has 1 aliphatic rings. The predicted octanol–water partition coefficient (Wildman–Crippen LogP) is 3.28. The molecule has 1 fully saturated rings. The predicted molar refractivity (Wildman–Crippen MR) is 93.5 cm³/mol. The van der Waals surface area contributed by atoms with E-state index in [4.69, 9.17) is 15.0 Å². The van der Waals surface area contributed by atoms with Gasteiger partial charge in [0, 0.05) is 5.69 Å². The first-order chi connectivity index (χ1) is 10.2. The van der Waals surface area contributed by atoms with E-state index in [1.165, 1.54) is 10.9 Å². The molecule has 0 atom stereocenters. The molecule has 116 valence electrons. The van der Waals surface area contributed by atoms with E-state index in [9.17, 15) is 0 Å². The van der Waals surface area contributed by atoms with Crippen LogP contribution in [0.25, 0.3) is 10.8 Å². The molecule has 4 heteroatoms. The Bertz CT molecular complexity index is 708. The fraction of sp³-hybridized carbons (Fsp3) is 0.444. The molecule has 0 radical (unpaired) electrons. The quantitative estimate of drug-likeness (QED) is 0.683. The van der Waals surface area contributed by atoms with Gasteiger partial charge in [-0.05, 0) is 68.0 Å². The minimum atomic E-state index is -0.385. The summed E-state index contributed by atoms with van der Waals surface area (Å²) in [5, 5.41) is 2.35. The summed E-state index contributed by atoms with van der Waals surface area (Å²) < 4.78 is 12.5. The van der Waals surface area contributed by atoms with Crippen molar-refractivity contribution in [2.45, 2.75) is 52.2 Å². The summed E-state index contributed by atoms with van der Waals surface area (Å²) in [5.41, 5.74) is 8.47. The van der Waals surface area contributed by atoms with Gasteiger partial charge in [0.05, 0.1) is 11.2 Å². The van der Waals surface area contributed by atoms with E-state index >= 15 is 0 Å². The van der Waals surface area contributed by atoms with E-state index < -0.39 is 0 Å². The fourth-order valence-electron chi connectivity index (χ4n) is 3.02. The summed E-state index contributed by atoms with van der Waals surface area (Å²) in [5.74, 6) is 0. The van der Waals surface area contributed by atoms with Crippen molar-refractivity contribution in [2.24, 2.45) is 0 Å². The van der Waals surface area contributed by atoms with Crippen LogP contribution in [0, 0.1) is 0 Å². The molecule has 0 saturated carbocycles. The van der Waals surface area contributed by atoms with Crippen molar-refractivity contribution in [3.8, 4) is 0 Å². The fourth-order valence-corrected chi connectivity index (χ4v) is 3.02. The van der Waals surface area contributed by atoms with Crippen molar-refractivity contribution in [2.75, 3.05) is 5.73 Å². The number of aryl methyl sites for hydroxylation is 1. The minimum absolute atomic E-state index is 0.351. The maximum atomic E-state index is 6.23. The lowest BCUT2D eigenvalue weighted by atomic mass is 9.74. The average molecular weight is 297 g/mol. The molecule has 1 saturated heterocycles. The van der Waals surface area contributed by atoms with Gasteiger partial charge in [0.25, 0.3) is 0 Å². The summed E-state index contributed by atoms with van der Waals surface area (Å²) >= 11 is 0. The van der Waals surface area contributed by atoms with Crippen LogP contribution in [0.1, 0.15) is 40.2 Å². The molecule has 0 aliphatic carbocycles. The third-order valence-electron chi connectivity index (χ3n) is 5.00. The van der Waals surface area contributed by atoms with Gasteiger partial charge in [0.1, 0.15) is 0 Å². The van der Waals surface area contributed by atoms with Crippen LogP contribution in [0.4, 0.5) is 5.69 Å². The second-order valence-corrected chi connectivity index (χ2v) is 7.07. The van der Waals surface area contributed by atoms with Crippen LogP contribution in [0.2, 0.25) is 0 Å². The molecule has 0 aromatic heterocycles. The minimum Gasteiger partial charge on any atom is -0.399 e. The van der Waals surface area contributed by atoms with Gasteiger partial charge in [-0.1, -0.05) is 25.1 Å². The highest BCUT2D eigenvalue weighted by molar-refractivity contribution is 6.65. The lowest BCUT2D eigenvalue weighted by Gasteiger charge is -2.32. The molecule has 1 aliphatic heterocycles. The van der Waals surface area contributed by atoms with E-state index in [0.29, 0.717) is 0 Å². The first-order valence-corrected chi connectivity index (χ1v) is 7.92. The monoisotopic (exact) mass is 297 g/mol. The van der Waals surface area contributed by atoms with Gasteiger partial charge in [-0.25, -0.2) is 0 Å². The maximum Gasteiger partial charge on any atom is 0.495 e. The molecule has 2 aromatic rings. The highest BCUT2D eigenvalue weighted by atomic mass is 16.7. The van der Waals surface area contributed by atoms with Crippen molar-refractivity contribution in [3.63, 3.8) is 0 Å². The second-order valence-electron chi connectivity index (χ2n) is 7.07. The first-order valence-electron chi connectivity index (χ1n) is 7.92. The topological polar surface area (TPSA) is 44.5 Å². The zero-order valence-corrected chi connectivity index (χ0v) is 14.1. The van der Waals surface area contributed by atoms with Crippen molar-refractivity contribution in [1.82, 2.24) is 0 Å². The summed E-state index contributed by atoms with van der Waals surface area (Å²) in [7, 11) is -0.385. The van der Waals surface area contributed by atoms with Gasteiger partial charge in [-0.3, -0.25) is 0 Å².